The first-order valence-electron chi connectivity index (χ1n) is 7.27. The van der Waals surface area contributed by atoms with Crippen LogP contribution in [0.25, 0.3) is 0 Å². The van der Waals surface area contributed by atoms with Crippen molar-refractivity contribution in [3.8, 4) is 11.5 Å². The van der Waals surface area contributed by atoms with E-state index in [-0.39, 0.29) is 11.9 Å². The Morgan fingerprint density at radius 2 is 2.09 bits per heavy atom. The number of nitrogens with one attached hydrogen (secondary N) is 1. The van der Waals surface area contributed by atoms with Crippen LogP contribution < -0.4 is 14.8 Å². The summed E-state index contributed by atoms with van der Waals surface area (Å²) in [5, 5.41) is 4.91. The average molecular weight is 319 g/mol. The highest BCUT2D eigenvalue weighted by Gasteiger charge is 2.11. The van der Waals surface area contributed by atoms with E-state index in [4.69, 9.17) is 9.47 Å². The maximum atomic E-state index is 12.0. The number of benzene rings is 1. The van der Waals surface area contributed by atoms with Crippen LogP contribution in [0, 0.1) is 0 Å². The van der Waals surface area contributed by atoms with Gasteiger partial charge in [-0.3, -0.25) is 4.79 Å². The molecule has 2 aromatic rings. The van der Waals surface area contributed by atoms with E-state index in [2.05, 4.69) is 5.32 Å². The van der Waals surface area contributed by atoms with Crippen LogP contribution in [-0.2, 0) is 6.61 Å². The third-order valence-corrected chi connectivity index (χ3v) is 4.29. The van der Waals surface area contributed by atoms with E-state index in [1.54, 1.807) is 7.11 Å². The predicted octanol–water partition coefficient (Wildman–Crippen LogP) is 3.86. The Bertz CT molecular complexity index is 624. The number of ether oxygens (including phenoxy) is 2. The normalized spacial score (nSPS) is 11.8. The molecule has 1 aromatic heterocycles. The molecule has 0 radical (unpaired) electrons. The van der Waals surface area contributed by atoms with E-state index >= 15 is 0 Å². The van der Waals surface area contributed by atoms with Crippen LogP contribution in [0.2, 0.25) is 0 Å². The summed E-state index contributed by atoms with van der Waals surface area (Å²) in [6.45, 7) is 4.48. The zero-order valence-corrected chi connectivity index (χ0v) is 13.9. The maximum Gasteiger partial charge on any atom is 0.261 e. The summed E-state index contributed by atoms with van der Waals surface area (Å²) < 4.78 is 10.9. The monoisotopic (exact) mass is 319 g/mol. The molecule has 1 unspecified atom stereocenters. The van der Waals surface area contributed by atoms with E-state index in [0.717, 1.165) is 23.5 Å². The molecule has 1 N–H and O–H groups in total. The molecule has 0 aliphatic rings. The van der Waals surface area contributed by atoms with Crippen molar-refractivity contribution in [2.45, 2.75) is 32.9 Å². The molecule has 0 spiro atoms. The third kappa shape index (κ3) is 4.49. The van der Waals surface area contributed by atoms with Crippen molar-refractivity contribution >= 4 is 17.2 Å². The predicted molar refractivity (Wildman–Crippen MR) is 88.9 cm³/mol. The van der Waals surface area contributed by atoms with E-state index < -0.39 is 0 Å². The second-order valence-corrected chi connectivity index (χ2v) is 5.98. The van der Waals surface area contributed by atoms with Gasteiger partial charge in [0.25, 0.3) is 5.91 Å². The molecule has 4 nitrogen and oxygen atoms in total. The zero-order chi connectivity index (χ0) is 15.9. The lowest BCUT2D eigenvalue weighted by molar-refractivity contribution is 0.0943. The molecule has 1 heterocycles. The Morgan fingerprint density at radius 1 is 1.32 bits per heavy atom. The van der Waals surface area contributed by atoms with Crippen molar-refractivity contribution in [1.82, 2.24) is 5.32 Å². The van der Waals surface area contributed by atoms with Crippen LogP contribution in [0.3, 0.4) is 0 Å². The Labute approximate surface area is 135 Å². The Morgan fingerprint density at radius 3 is 2.82 bits per heavy atom. The lowest BCUT2D eigenvalue weighted by Gasteiger charge is -2.09. The summed E-state index contributed by atoms with van der Waals surface area (Å²) in [4.78, 5) is 12.7. The van der Waals surface area contributed by atoms with E-state index in [1.807, 2.05) is 49.6 Å². The number of hydrogen-bond donors (Lipinski definition) is 1. The van der Waals surface area contributed by atoms with Gasteiger partial charge in [0, 0.05) is 17.7 Å². The highest BCUT2D eigenvalue weighted by Crippen LogP contribution is 2.21. The highest BCUT2D eigenvalue weighted by atomic mass is 32.1. The van der Waals surface area contributed by atoms with Crippen molar-refractivity contribution in [1.29, 1.82) is 0 Å². The van der Waals surface area contributed by atoms with Crippen LogP contribution >= 0.6 is 11.3 Å². The first-order valence-corrected chi connectivity index (χ1v) is 8.15. The average Bonchev–Trinajstić information content (AvgIpc) is 3.02. The van der Waals surface area contributed by atoms with Crippen molar-refractivity contribution in [3.05, 3.63) is 46.2 Å². The van der Waals surface area contributed by atoms with Gasteiger partial charge in [0.2, 0.25) is 0 Å². The summed E-state index contributed by atoms with van der Waals surface area (Å²) >= 11 is 1.44. The van der Waals surface area contributed by atoms with Crippen molar-refractivity contribution in [2.75, 3.05) is 7.11 Å². The van der Waals surface area contributed by atoms with Gasteiger partial charge >= 0.3 is 0 Å². The summed E-state index contributed by atoms with van der Waals surface area (Å²) in [6.07, 6.45) is 0.920. The van der Waals surface area contributed by atoms with E-state index in [1.165, 1.54) is 11.3 Å². The largest absolute Gasteiger partial charge is 0.497 e. The second kappa shape index (κ2) is 7.84. The fourth-order valence-electron chi connectivity index (χ4n) is 1.82. The lowest BCUT2D eigenvalue weighted by Crippen LogP contribution is -2.31. The number of rotatable bonds is 7. The molecule has 1 atom stereocenters. The summed E-state index contributed by atoms with van der Waals surface area (Å²) in [5.41, 5.74) is 0.988. The van der Waals surface area contributed by atoms with Gasteiger partial charge in [-0.25, -0.2) is 0 Å². The summed E-state index contributed by atoms with van der Waals surface area (Å²) in [7, 11) is 1.63. The molecule has 5 heteroatoms. The Balaban J connectivity index is 1.93. The van der Waals surface area contributed by atoms with Crippen molar-refractivity contribution in [2.24, 2.45) is 0 Å². The molecule has 0 saturated heterocycles. The van der Waals surface area contributed by atoms with Gasteiger partial charge in [-0.1, -0.05) is 13.0 Å². The zero-order valence-electron chi connectivity index (χ0n) is 13.1. The smallest absolute Gasteiger partial charge is 0.261 e. The number of amides is 1. The molecule has 1 aromatic carbocycles. The number of carbonyl (C=O) groups excluding carboxylic acids is 1. The van der Waals surface area contributed by atoms with Crippen LogP contribution in [0.15, 0.2) is 35.7 Å². The molecule has 1 amide bonds. The minimum atomic E-state index is -0.0213. The van der Waals surface area contributed by atoms with Gasteiger partial charge in [0.05, 0.1) is 12.0 Å². The highest BCUT2D eigenvalue weighted by molar-refractivity contribution is 7.12. The first kappa shape index (κ1) is 16.4. The van der Waals surface area contributed by atoms with Gasteiger partial charge in [0.1, 0.15) is 18.1 Å². The number of hydrogen-bond acceptors (Lipinski definition) is 4. The van der Waals surface area contributed by atoms with Crippen molar-refractivity contribution in [3.63, 3.8) is 0 Å². The molecule has 2 rings (SSSR count). The van der Waals surface area contributed by atoms with Gasteiger partial charge in [0.15, 0.2) is 0 Å². The molecule has 0 fully saturated rings. The SMILES string of the molecule is CCC(C)NC(=O)c1cc(COc2cccc(OC)c2)cs1. The van der Waals surface area contributed by atoms with Crippen LogP contribution in [0.1, 0.15) is 35.5 Å². The van der Waals surface area contributed by atoms with Crippen LogP contribution in [0.5, 0.6) is 11.5 Å². The van der Waals surface area contributed by atoms with Crippen LogP contribution in [0.4, 0.5) is 0 Å². The second-order valence-electron chi connectivity index (χ2n) is 5.07. The van der Waals surface area contributed by atoms with Gasteiger partial charge in [-0.15, -0.1) is 11.3 Å². The quantitative estimate of drug-likeness (QED) is 0.843. The molecule has 0 aliphatic carbocycles. The lowest BCUT2D eigenvalue weighted by atomic mass is 10.2. The van der Waals surface area contributed by atoms with Gasteiger partial charge in [-0.2, -0.15) is 0 Å². The topological polar surface area (TPSA) is 47.6 Å². The van der Waals surface area contributed by atoms with Gasteiger partial charge in [-0.05, 0) is 36.9 Å². The fourth-order valence-corrected chi connectivity index (χ4v) is 2.62. The first-order chi connectivity index (χ1) is 10.6. The molecule has 0 saturated carbocycles. The fraction of sp³-hybridized carbons (Fsp3) is 0.353. The third-order valence-electron chi connectivity index (χ3n) is 3.31. The number of methoxy groups -OCH3 is 1. The van der Waals surface area contributed by atoms with Crippen LogP contribution in [-0.4, -0.2) is 19.1 Å². The Kier molecular flexibility index (Phi) is 5.83. The molecule has 22 heavy (non-hydrogen) atoms. The molecule has 0 aliphatic heterocycles. The maximum absolute atomic E-state index is 12.0. The molecular formula is C17H21NO3S. The number of thiophene rings is 1. The summed E-state index contributed by atoms with van der Waals surface area (Å²) in [6, 6.07) is 9.53. The minimum Gasteiger partial charge on any atom is -0.497 e. The molecule has 0 bridgehead atoms. The van der Waals surface area contributed by atoms with E-state index in [9.17, 15) is 4.79 Å². The molecular weight excluding hydrogens is 298 g/mol. The minimum absolute atomic E-state index is 0.0213. The standard InChI is InChI=1S/C17H21NO3S/c1-4-12(2)18-17(19)16-8-13(11-22-16)10-21-15-7-5-6-14(9-15)20-3/h5-9,11-12H,4,10H2,1-3H3,(H,18,19). The molecule has 118 valence electrons. The van der Waals surface area contributed by atoms with Gasteiger partial charge < -0.3 is 14.8 Å². The van der Waals surface area contributed by atoms with Crippen molar-refractivity contribution < 1.29 is 14.3 Å². The summed E-state index contributed by atoms with van der Waals surface area (Å²) in [5.74, 6) is 1.49. The Hall–Kier alpha value is -2.01. The van der Waals surface area contributed by atoms with E-state index in [0.29, 0.717) is 11.5 Å². The number of carbonyl (C=O) groups is 1.